The molecule has 4 heteroatoms. The second-order valence-electron chi connectivity index (χ2n) is 6.01. The van der Waals surface area contributed by atoms with E-state index in [1.807, 2.05) is 62.5 Å². The highest BCUT2D eigenvalue weighted by molar-refractivity contribution is 6.14. The molecular formula is C21H18N4. The minimum atomic E-state index is 0.771. The van der Waals surface area contributed by atoms with Crippen LogP contribution >= 0.6 is 0 Å². The van der Waals surface area contributed by atoms with Gasteiger partial charge in [-0.2, -0.15) is 5.10 Å². The fourth-order valence-corrected chi connectivity index (χ4v) is 2.89. The van der Waals surface area contributed by atoms with E-state index in [4.69, 9.17) is 4.99 Å². The van der Waals surface area contributed by atoms with E-state index in [0.29, 0.717) is 0 Å². The van der Waals surface area contributed by atoms with Crippen molar-refractivity contribution < 1.29 is 0 Å². The number of aliphatic imine (C=N–C) groups is 1. The van der Waals surface area contributed by atoms with Crippen LogP contribution in [0.1, 0.15) is 22.5 Å². The molecule has 0 aliphatic carbocycles. The molecule has 0 radical (unpaired) electrons. The Labute approximate surface area is 146 Å². The van der Waals surface area contributed by atoms with Gasteiger partial charge in [-0.3, -0.25) is 0 Å². The Balaban J connectivity index is 1.97. The lowest BCUT2D eigenvalue weighted by Crippen LogP contribution is -2.03. The zero-order chi connectivity index (χ0) is 17.2. The third-order valence-electron chi connectivity index (χ3n) is 3.98. The molecule has 0 unspecified atom stereocenters. The first-order valence-corrected chi connectivity index (χ1v) is 8.24. The first-order valence-electron chi connectivity index (χ1n) is 8.24. The summed E-state index contributed by atoms with van der Waals surface area (Å²) < 4.78 is 1.80. The maximum Gasteiger partial charge on any atom is 0.179 e. The highest BCUT2D eigenvalue weighted by atomic mass is 15.3. The van der Waals surface area contributed by atoms with Crippen molar-refractivity contribution in [3.05, 3.63) is 95.4 Å². The Kier molecular flexibility index (Phi) is 3.86. The highest BCUT2D eigenvalue weighted by Gasteiger charge is 2.11. The number of fused-ring (bicyclic) bond motifs is 1. The Bertz CT molecular complexity index is 1010. The van der Waals surface area contributed by atoms with Gasteiger partial charge in [-0.1, -0.05) is 60.7 Å². The van der Waals surface area contributed by atoms with Crippen LogP contribution in [0.4, 0.5) is 5.69 Å². The van der Waals surface area contributed by atoms with E-state index >= 15 is 0 Å². The topological polar surface area (TPSA) is 42.5 Å². The van der Waals surface area contributed by atoms with Gasteiger partial charge in [0.05, 0.1) is 23.3 Å². The maximum absolute atomic E-state index is 4.99. The second-order valence-corrected chi connectivity index (χ2v) is 6.01. The van der Waals surface area contributed by atoms with E-state index in [0.717, 1.165) is 39.6 Å². The van der Waals surface area contributed by atoms with Gasteiger partial charge in [0, 0.05) is 11.1 Å². The van der Waals surface area contributed by atoms with Gasteiger partial charge < -0.3 is 0 Å². The molecule has 0 amide bonds. The van der Waals surface area contributed by atoms with Gasteiger partial charge in [0.15, 0.2) is 5.65 Å². The molecule has 2 heterocycles. The summed E-state index contributed by atoms with van der Waals surface area (Å²) in [6.07, 6.45) is 1.92. The first-order chi connectivity index (χ1) is 12.2. The molecule has 4 nitrogen and oxygen atoms in total. The number of rotatable bonds is 3. The lowest BCUT2D eigenvalue weighted by molar-refractivity contribution is 0.900. The van der Waals surface area contributed by atoms with Crippen molar-refractivity contribution in [2.45, 2.75) is 13.8 Å². The van der Waals surface area contributed by atoms with Gasteiger partial charge >= 0.3 is 0 Å². The van der Waals surface area contributed by atoms with Crippen LogP contribution in [-0.4, -0.2) is 20.3 Å². The van der Waals surface area contributed by atoms with Gasteiger partial charge in [0.2, 0.25) is 0 Å². The average Bonchev–Trinajstić information content (AvgIpc) is 3.01. The van der Waals surface area contributed by atoms with E-state index < -0.39 is 0 Å². The predicted molar refractivity (Wildman–Crippen MR) is 101 cm³/mol. The molecule has 0 saturated heterocycles. The Morgan fingerprint density at radius 3 is 2.04 bits per heavy atom. The third-order valence-corrected chi connectivity index (χ3v) is 3.98. The lowest BCUT2D eigenvalue weighted by atomic mass is 10.0. The number of nitrogens with zero attached hydrogens (tertiary/aromatic N) is 4. The molecule has 0 N–H and O–H groups in total. The van der Waals surface area contributed by atoms with Crippen molar-refractivity contribution in [1.82, 2.24) is 14.6 Å². The molecule has 0 spiro atoms. The summed E-state index contributed by atoms with van der Waals surface area (Å²) in [5.74, 6) is 0. The predicted octanol–water partition coefficient (Wildman–Crippen LogP) is 4.52. The zero-order valence-corrected chi connectivity index (χ0v) is 14.2. The fraction of sp³-hybridized carbons (Fsp3) is 0.0952. The van der Waals surface area contributed by atoms with Crippen LogP contribution in [0, 0.1) is 13.8 Å². The molecule has 0 saturated carbocycles. The minimum Gasteiger partial charge on any atom is -0.244 e. The van der Waals surface area contributed by atoms with Crippen molar-refractivity contribution >= 4 is 17.0 Å². The molecule has 0 atom stereocenters. The fourth-order valence-electron chi connectivity index (χ4n) is 2.89. The second kappa shape index (κ2) is 6.32. The van der Waals surface area contributed by atoms with Crippen LogP contribution in [0.2, 0.25) is 0 Å². The third kappa shape index (κ3) is 3.06. The smallest absolute Gasteiger partial charge is 0.179 e. The van der Waals surface area contributed by atoms with E-state index in [-0.39, 0.29) is 0 Å². The summed E-state index contributed by atoms with van der Waals surface area (Å²) >= 11 is 0. The summed E-state index contributed by atoms with van der Waals surface area (Å²) in [7, 11) is 0. The van der Waals surface area contributed by atoms with Gasteiger partial charge in [0.1, 0.15) is 5.69 Å². The van der Waals surface area contributed by atoms with Crippen molar-refractivity contribution in [3.8, 4) is 0 Å². The molecule has 4 rings (SSSR count). The van der Waals surface area contributed by atoms with E-state index in [1.54, 1.807) is 4.52 Å². The van der Waals surface area contributed by atoms with Gasteiger partial charge in [-0.15, -0.1) is 0 Å². The summed E-state index contributed by atoms with van der Waals surface area (Å²) in [4.78, 5) is 9.58. The van der Waals surface area contributed by atoms with Crippen molar-refractivity contribution in [3.63, 3.8) is 0 Å². The molecule has 4 aromatic rings. The summed E-state index contributed by atoms with van der Waals surface area (Å²) in [5.41, 5.74) is 6.50. The Morgan fingerprint density at radius 1 is 0.840 bits per heavy atom. The van der Waals surface area contributed by atoms with Crippen molar-refractivity contribution in [1.29, 1.82) is 0 Å². The number of benzene rings is 2. The SMILES string of the molecule is Cc1cn2nc(C)cc(N=C(c3ccccc3)c3ccccc3)c2n1. The molecule has 122 valence electrons. The standard InChI is InChI=1S/C21H18N4/c1-15-13-19(21-22-16(2)14-25(21)24-15)23-20(17-9-5-3-6-10-17)18-11-7-4-8-12-18/h3-14H,1-2H3. The molecule has 0 aliphatic rings. The Hall–Kier alpha value is -3.27. The van der Waals surface area contributed by atoms with Gasteiger partial charge in [-0.05, 0) is 19.9 Å². The molecular weight excluding hydrogens is 308 g/mol. The van der Waals surface area contributed by atoms with Crippen LogP contribution < -0.4 is 0 Å². The van der Waals surface area contributed by atoms with Crippen LogP contribution in [0.25, 0.3) is 5.65 Å². The Morgan fingerprint density at radius 2 is 1.44 bits per heavy atom. The zero-order valence-electron chi connectivity index (χ0n) is 14.2. The first kappa shape index (κ1) is 15.3. The van der Waals surface area contributed by atoms with Crippen LogP contribution in [0.15, 0.2) is 77.9 Å². The van der Waals surface area contributed by atoms with Crippen LogP contribution in [0.5, 0.6) is 0 Å². The van der Waals surface area contributed by atoms with Crippen LogP contribution in [0.3, 0.4) is 0 Å². The molecule has 25 heavy (non-hydrogen) atoms. The number of hydrogen-bond acceptors (Lipinski definition) is 3. The highest BCUT2D eigenvalue weighted by Crippen LogP contribution is 2.23. The van der Waals surface area contributed by atoms with Crippen LogP contribution in [-0.2, 0) is 0 Å². The quantitative estimate of drug-likeness (QED) is 0.520. The van der Waals surface area contributed by atoms with E-state index in [1.165, 1.54) is 0 Å². The largest absolute Gasteiger partial charge is 0.244 e. The molecule has 0 bridgehead atoms. The molecule has 2 aromatic carbocycles. The lowest BCUT2D eigenvalue weighted by Gasteiger charge is -2.08. The van der Waals surface area contributed by atoms with E-state index in [9.17, 15) is 0 Å². The van der Waals surface area contributed by atoms with E-state index in [2.05, 4.69) is 34.3 Å². The normalized spacial score (nSPS) is 10.8. The molecule has 2 aromatic heterocycles. The molecule has 0 fully saturated rings. The summed E-state index contributed by atoms with van der Waals surface area (Å²) in [6.45, 7) is 3.94. The maximum atomic E-state index is 4.99. The monoisotopic (exact) mass is 326 g/mol. The number of aryl methyl sites for hydroxylation is 2. The summed E-state index contributed by atoms with van der Waals surface area (Å²) in [6, 6.07) is 22.4. The number of imidazole rings is 1. The average molecular weight is 326 g/mol. The van der Waals surface area contributed by atoms with Gasteiger partial charge in [0.25, 0.3) is 0 Å². The summed E-state index contributed by atoms with van der Waals surface area (Å²) in [5, 5.41) is 4.49. The minimum absolute atomic E-state index is 0.771. The van der Waals surface area contributed by atoms with Crippen molar-refractivity contribution in [2.75, 3.05) is 0 Å². The molecule has 0 aliphatic heterocycles. The number of aromatic nitrogens is 3. The number of hydrogen-bond donors (Lipinski definition) is 0. The van der Waals surface area contributed by atoms with Crippen molar-refractivity contribution in [2.24, 2.45) is 4.99 Å². The van der Waals surface area contributed by atoms with Gasteiger partial charge in [-0.25, -0.2) is 14.5 Å².